The van der Waals surface area contributed by atoms with Gasteiger partial charge < -0.3 is 10.6 Å². The zero-order valence-electron chi connectivity index (χ0n) is 11.0. The van der Waals surface area contributed by atoms with Gasteiger partial charge in [0.2, 0.25) is 0 Å². The fourth-order valence-electron chi connectivity index (χ4n) is 2.26. The van der Waals surface area contributed by atoms with E-state index >= 15 is 0 Å². The van der Waals surface area contributed by atoms with Gasteiger partial charge in [0.1, 0.15) is 0 Å². The van der Waals surface area contributed by atoms with Crippen molar-refractivity contribution in [2.75, 3.05) is 23.7 Å². The number of aryl methyl sites for hydroxylation is 1. The fourth-order valence-corrected chi connectivity index (χ4v) is 2.41. The Morgan fingerprint density at radius 1 is 1.29 bits per heavy atom. The molecule has 2 N–H and O–H groups in total. The standard InChI is InChI=1S/C14H21ClN2/c1-9-5-12(16)11(15)6-13(9)17-7-10(8-17)14(2,3)4/h5-6,10H,7-8,16H2,1-4H3. The van der Waals surface area contributed by atoms with E-state index in [0.717, 1.165) is 19.0 Å². The Morgan fingerprint density at radius 2 is 1.88 bits per heavy atom. The molecule has 1 aromatic rings. The first-order valence-electron chi connectivity index (χ1n) is 6.09. The van der Waals surface area contributed by atoms with Gasteiger partial charge in [-0.1, -0.05) is 32.4 Å². The summed E-state index contributed by atoms with van der Waals surface area (Å²) in [5.41, 5.74) is 9.29. The van der Waals surface area contributed by atoms with Gasteiger partial charge in [-0.3, -0.25) is 0 Å². The van der Waals surface area contributed by atoms with Gasteiger partial charge >= 0.3 is 0 Å². The van der Waals surface area contributed by atoms with Gasteiger partial charge in [0.25, 0.3) is 0 Å². The number of nitrogen functional groups attached to an aromatic ring is 1. The minimum atomic E-state index is 0.391. The highest BCUT2D eigenvalue weighted by molar-refractivity contribution is 6.33. The van der Waals surface area contributed by atoms with Gasteiger partial charge in [-0.15, -0.1) is 0 Å². The molecule has 2 rings (SSSR count). The van der Waals surface area contributed by atoms with Crippen LogP contribution in [0.25, 0.3) is 0 Å². The van der Waals surface area contributed by atoms with Gasteiger partial charge in [-0.2, -0.15) is 0 Å². The van der Waals surface area contributed by atoms with Crippen molar-refractivity contribution < 1.29 is 0 Å². The van der Waals surface area contributed by atoms with Crippen molar-refractivity contribution in [3.05, 3.63) is 22.7 Å². The maximum Gasteiger partial charge on any atom is 0.0656 e. The van der Waals surface area contributed by atoms with E-state index in [9.17, 15) is 0 Å². The minimum Gasteiger partial charge on any atom is -0.398 e. The summed E-state index contributed by atoms with van der Waals surface area (Å²) >= 11 is 6.09. The molecule has 0 atom stereocenters. The van der Waals surface area contributed by atoms with Crippen LogP contribution in [0.2, 0.25) is 5.02 Å². The van der Waals surface area contributed by atoms with Crippen molar-refractivity contribution in [2.24, 2.45) is 11.3 Å². The highest BCUT2D eigenvalue weighted by atomic mass is 35.5. The Labute approximate surface area is 109 Å². The average Bonchev–Trinajstić information content (AvgIpc) is 2.08. The summed E-state index contributed by atoms with van der Waals surface area (Å²) in [6.07, 6.45) is 0. The number of hydrogen-bond donors (Lipinski definition) is 1. The lowest BCUT2D eigenvalue weighted by Gasteiger charge is -2.48. The molecule has 0 bridgehead atoms. The number of hydrogen-bond acceptors (Lipinski definition) is 2. The van der Waals surface area contributed by atoms with Crippen LogP contribution in [0.15, 0.2) is 12.1 Å². The van der Waals surface area contributed by atoms with E-state index in [1.807, 2.05) is 12.1 Å². The van der Waals surface area contributed by atoms with Gasteiger partial charge in [0.05, 0.1) is 10.7 Å². The maximum absolute atomic E-state index is 6.09. The highest BCUT2D eigenvalue weighted by Gasteiger charge is 2.36. The second-order valence-electron chi connectivity index (χ2n) is 6.13. The normalized spacial score (nSPS) is 17.1. The summed E-state index contributed by atoms with van der Waals surface area (Å²) in [4.78, 5) is 2.39. The Balaban J connectivity index is 2.14. The number of nitrogens with zero attached hydrogens (tertiary/aromatic N) is 1. The number of anilines is 2. The molecule has 1 heterocycles. The first-order valence-corrected chi connectivity index (χ1v) is 6.47. The smallest absolute Gasteiger partial charge is 0.0656 e. The third kappa shape index (κ3) is 2.37. The van der Waals surface area contributed by atoms with Crippen molar-refractivity contribution in [1.29, 1.82) is 0 Å². The van der Waals surface area contributed by atoms with Gasteiger partial charge in [-0.25, -0.2) is 0 Å². The van der Waals surface area contributed by atoms with Gasteiger partial charge in [0.15, 0.2) is 0 Å². The van der Waals surface area contributed by atoms with Crippen molar-refractivity contribution in [3.63, 3.8) is 0 Å². The molecule has 3 heteroatoms. The lowest BCUT2D eigenvalue weighted by molar-refractivity contribution is 0.195. The minimum absolute atomic E-state index is 0.391. The maximum atomic E-state index is 6.09. The second kappa shape index (κ2) is 4.09. The Kier molecular flexibility index (Phi) is 3.03. The van der Waals surface area contributed by atoms with Crippen molar-refractivity contribution in [2.45, 2.75) is 27.7 Å². The van der Waals surface area contributed by atoms with E-state index in [2.05, 4.69) is 32.6 Å². The molecule has 0 saturated carbocycles. The fraction of sp³-hybridized carbons (Fsp3) is 0.571. The summed E-state index contributed by atoms with van der Waals surface area (Å²) < 4.78 is 0. The summed E-state index contributed by atoms with van der Waals surface area (Å²) in [7, 11) is 0. The largest absolute Gasteiger partial charge is 0.398 e. The van der Waals surface area contributed by atoms with E-state index in [-0.39, 0.29) is 0 Å². The van der Waals surface area contributed by atoms with Crippen LogP contribution in [-0.2, 0) is 0 Å². The molecule has 0 aliphatic carbocycles. The van der Waals surface area contributed by atoms with E-state index in [1.54, 1.807) is 0 Å². The topological polar surface area (TPSA) is 29.3 Å². The molecular formula is C14H21ClN2. The molecule has 1 aromatic carbocycles. The molecule has 0 aromatic heterocycles. The molecule has 0 spiro atoms. The lowest BCUT2D eigenvalue weighted by Crippen LogP contribution is -2.52. The first kappa shape index (κ1) is 12.6. The summed E-state index contributed by atoms with van der Waals surface area (Å²) in [5, 5.41) is 0.657. The lowest BCUT2D eigenvalue weighted by atomic mass is 9.75. The van der Waals surface area contributed by atoms with E-state index in [4.69, 9.17) is 17.3 Å². The molecular weight excluding hydrogens is 232 g/mol. The first-order chi connectivity index (χ1) is 7.79. The van der Waals surface area contributed by atoms with Crippen LogP contribution in [0.4, 0.5) is 11.4 Å². The third-order valence-corrected chi connectivity index (χ3v) is 4.09. The van der Waals surface area contributed by atoms with E-state index in [0.29, 0.717) is 16.1 Å². The van der Waals surface area contributed by atoms with Crippen LogP contribution in [0.1, 0.15) is 26.3 Å². The monoisotopic (exact) mass is 252 g/mol. The molecule has 0 unspecified atom stereocenters. The SMILES string of the molecule is Cc1cc(N)c(Cl)cc1N1CC(C(C)(C)C)C1. The predicted octanol–water partition coefficient (Wildman–Crippen LogP) is 3.71. The van der Waals surface area contributed by atoms with Gasteiger partial charge in [0, 0.05) is 18.8 Å². The number of benzene rings is 1. The highest BCUT2D eigenvalue weighted by Crippen LogP contribution is 2.39. The van der Waals surface area contributed by atoms with Gasteiger partial charge in [-0.05, 0) is 36.0 Å². The second-order valence-corrected chi connectivity index (χ2v) is 6.54. The molecule has 1 aliphatic rings. The Morgan fingerprint density at radius 3 is 2.41 bits per heavy atom. The van der Waals surface area contributed by atoms with E-state index < -0.39 is 0 Å². The molecule has 1 aliphatic heterocycles. The molecule has 1 saturated heterocycles. The van der Waals surface area contributed by atoms with Crippen molar-refractivity contribution >= 4 is 23.0 Å². The van der Waals surface area contributed by atoms with Crippen LogP contribution in [0.5, 0.6) is 0 Å². The quantitative estimate of drug-likeness (QED) is 0.772. The molecule has 2 nitrogen and oxygen atoms in total. The summed E-state index contributed by atoms with van der Waals surface area (Å²) in [5.74, 6) is 0.762. The summed E-state index contributed by atoms with van der Waals surface area (Å²) in [6, 6.07) is 3.95. The molecule has 94 valence electrons. The van der Waals surface area contributed by atoms with Crippen LogP contribution < -0.4 is 10.6 Å². The van der Waals surface area contributed by atoms with E-state index in [1.165, 1.54) is 11.3 Å². The predicted molar refractivity (Wildman–Crippen MR) is 75.8 cm³/mol. The Bertz CT molecular complexity index is 429. The molecule has 1 fully saturated rings. The van der Waals surface area contributed by atoms with Crippen LogP contribution >= 0.6 is 11.6 Å². The van der Waals surface area contributed by atoms with Crippen LogP contribution in [-0.4, -0.2) is 13.1 Å². The molecule has 0 amide bonds. The zero-order chi connectivity index (χ0) is 12.8. The number of rotatable bonds is 1. The Hall–Kier alpha value is -0.890. The van der Waals surface area contributed by atoms with Crippen LogP contribution in [0, 0.1) is 18.3 Å². The van der Waals surface area contributed by atoms with Crippen molar-refractivity contribution in [3.8, 4) is 0 Å². The molecule has 17 heavy (non-hydrogen) atoms. The average molecular weight is 253 g/mol. The summed E-state index contributed by atoms with van der Waals surface area (Å²) in [6.45, 7) is 11.2. The third-order valence-electron chi connectivity index (χ3n) is 3.76. The zero-order valence-corrected chi connectivity index (χ0v) is 11.8. The molecule has 0 radical (unpaired) electrons. The number of nitrogens with two attached hydrogens (primary N) is 1. The van der Waals surface area contributed by atoms with Crippen molar-refractivity contribution in [1.82, 2.24) is 0 Å². The number of halogens is 1. The van der Waals surface area contributed by atoms with Crippen LogP contribution in [0.3, 0.4) is 0 Å².